The van der Waals surface area contributed by atoms with Crippen molar-refractivity contribution in [1.82, 2.24) is 10.6 Å². The Morgan fingerprint density at radius 3 is 2.75 bits per heavy atom. The van der Waals surface area contributed by atoms with Gasteiger partial charge in [0.05, 0.1) is 0 Å². The number of anilines is 1. The Bertz CT molecular complexity index is 368. The molecule has 3 N–H and O–H groups in total. The van der Waals surface area contributed by atoms with Crippen molar-refractivity contribution in [2.45, 2.75) is 6.92 Å². The molecule has 5 heteroatoms. The van der Waals surface area contributed by atoms with Crippen molar-refractivity contribution in [3.05, 3.63) is 28.8 Å². The molecule has 0 spiro atoms. The van der Waals surface area contributed by atoms with E-state index in [1.54, 1.807) is 6.07 Å². The van der Waals surface area contributed by atoms with Gasteiger partial charge >= 0.3 is 6.03 Å². The number of likely N-dealkylation sites (N-methyl/N-ethyl adjacent to an activating group) is 1. The average Bonchev–Trinajstić information content (AvgIpc) is 2.24. The highest BCUT2D eigenvalue weighted by atomic mass is 35.5. The summed E-state index contributed by atoms with van der Waals surface area (Å²) in [6.07, 6.45) is 0. The molecule has 0 heterocycles. The number of amides is 2. The van der Waals surface area contributed by atoms with E-state index in [0.29, 0.717) is 17.3 Å². The predicted octanol–water partition coefficient (Wildman–Crippen LogP) is 1.99. The van der Waals surface area contributed by atoms with Gasteiger partial charge in [-0.05, 0) is 31.7 Å². The van der Waals surface area contributed by atoms with Gasteiger partial charge in [0.2, 0.25) is 0 Å². The molecule has 0 radical (unpaired) electrons. The normalized spacial score (nSPS) is 9.94. The molecule has 0 unspecified atom stereocenters. The van der Waals surface area contributed by atoms with Crippen molar-refractivity contribution in [1.29, 1.82) is 0 Å². The Morgan fingerprint density at radius 2 is 2.12 bits per heavy atom. The van der Waals surface area contributed by atoms with E-state index in [4.69, 9.17) is 11.6 Å². The summed E-state index contributed by atoms with van der Waals surface area (Å²) in [5.41, 5.74) is 1.68. The lowest BCUT2D eigenvalue weighted by atomic mass is 10.2. The molecule has 0 aromatic heterocycles. The van der Waals surface area contributed by atoms with Crippen LogP contribution < -0.4 is 16.0 Å². The van der Waals surface area contributed by atoms with Crippen LogP contribution in [0.2, 0.25) is 5.02 Å². The molecule has 0 atom stereocenters. The minimum atomic E-state index is -0.227. The maximum Gasteiger partial charge on any atom is 0.319 e. The SMILES string of the molecule is CNCCNC(=O)Nc1ccc(C)c(Cl)c1. The number of hydrogen-bond donors (Lipinski definition) is 3. The number of carbonyl (C=O) groups excluding carboxylic acids is 1. The largest absolute Gasteiger partial charge is 0.337 e. The van der Waals surface area contributed by atoms with E-state index in [1.165, 1.54) is 0 Å². The molecule has 0 aliphatic rings. The maximum atomic E-state index is 11.4. The first-order valence-corrected chi connectivity index (χ1v) is 5.47. The third-order valence-corrected chi connectivity index (χ3v) is 2.50. The highest BCUT2D eigenvalue weighted by Crippen LogP contribution is 2.19. The number of hydrogen-bond acceptors (Lipinski definition) is 2. The Labute approximate surface area is 100 Å². The summed E-state index contributed by atoms with van der Waals surface area (Å²) in [5, 5.41) is 9.00. The first kappa shape index (κ1) is 12.8. The molecular formula is C11H16ClN3O. The fraction of sp³-hybridized carbons (Fsp3) is 0.364. The monoisotopic (exact) mass is 241 g/mol. The molecular weight excluding hydrogens is 226 g/mol. The van der Waals surface area contributed by atoms with Crippen molar-refractivity contribution >= 4 is 23.3 Å². The second-order valence-corrected chi connectivity index (χ2v) is 3.86. The quantitative estimate of drug-likeness (QED) is 0.707. The van der Waals surface area contributed by atoms with Crippen LogP contribution in [0.15, 0.2) is 18.2 Å². The van der Waals surface area contributed by atoms with E-state index >= 15 is 0 Å². The highest BCUT2D eigenvalue weighted by molar-refractivity contribution is 6.31. The Balaban J connectivity index is 2.46. The molecule has 0 aliphatic heterocycles. The number of halogens is 1. The Hall–Kier alpha value is -1.26. The predicted molar refractivity (Wildman–Crippen MR) is 67.1 cm³/mol. The minimum absolute atomic E-state index is 0.227. The molecule has 0 aliphatic carbocycles. The number of aryl methyl sites for hydroxylation is 1. The number of benzene rings is 1. The molecule has 1 aromatic rings. The molecule has 0 fully saturated rings. The van der Waals surface area contributed by atoms with Crippen LogP contribution in [0.5, 0.6) is 0 Å². The van der Waals surface area contributed by atoms with Gasteiger partial charge in [0.15, 0.2) is 0 Å². The van der Waals surface area contributed by atoms with E-state index in [2.05, 4.69) is 16.0 Å². The van der Waals surface area contributed by atoms with Crippen molar-refractivity contribution in [3.8, 4) is 0 Å². The van der Waals surface area contributed by atoms with Crippen molar-refractivity contribution in [2.24, 2.45) is 0 Å². The van der Waals surface area contributed by atoms with E-state index < -0.39 is 0 Å². The first-order valence-electron chi connectivity index (χ1n) is 5.09. The molecule has 0 saturated heterocycles. The highest BCUT2D eigenvalue weighted by Gasteiger charge is 2.02. The fourth-order valence-corrected chi connectivity index (χ4v) is 1.33. The number of rotatable bonds is 4. The summed E-state index contributed by atoms with van der Waals surface area (Å²) in [6.45, 7) is 3.24. The van der Waals surface area contributed by atoms with Crippen molar-refractivity contribution < 1.29 is 4.79 Å². The molecule has 0 bridgehead atoms. The van der Waals surface area contributed by atoms with Crippen LogP contribution in [0, 0.1) is 6.92 Å². The summed E-state index contributed by atoms with van der Waals surface area (Å²) in [6, 6.07) is 5.19. The average molecular weight is 242 g/mol. The van der Waals surface area contributed by atoms with Gasteiger partial charge in [0.25, 0.3) is 0 Å². The molecule has 4 nitrogen and oxygen atoms in total. The second kappa shape index (κ2) is 6.35. The number of carbonyl (C=O) groups is 1. The Kier molecular flexibility index (Phi) is 5.08. The Morgan fingerprint density at radius 1 is 1.38 bits per heavy atom. The lowest BCUT2D eigenvalue weighted by Crippen LogP contribution is -2.33. The van der Waals surface area contributed by atoms with E-state index in [-0.39, 0.29) is 6.03 Å². The van der Waals surface area contributed by atoms with E-state index in [0.717, 1.165) is 12.1 Å². The van der Waals surface area contributed by atoms with Crippen LogP contribution in [0.4, 0.5) is 10.5 Å². The van der Waals surface area contributed by atoms with Crippen LogP contribution in [0.25, 0.3) is 0 Å². The lowest BCUT2D eigenvalue weighted by molar-refractivity contribution is 0.252. The smallest absolute Gasteiger partial charge is 0.319 e. The van der Waals surface area contributed by atoms with Crippen LogP contribution in [-0.4, -0.2) is 26.2 Å². The van der Waals surface area contributed by atoms with Gasteiger partial charge < -0.3 is 16.0 Å². The molecule has 2 amide bonds. The molecule has 1 aromatic carbocycles. The third kappa shape index (κ3) is 4.08. The molecule has 88 valence electrons. The zero-order valence-corrected chi connectivity index (χ0v) is 10.2. The van der Waals surface area contributed by atoms with Gasteiger partial charge in [0.1, 0.15) is 0 Å². The number of nitrogens with one attached hydrogen (secondary N) is 3. The van der Waals surface area contributed by atoms with Crippen LogP contribution in [-0.2, 0) is 0 Å². The van der Waals surface area contributed by atoms with Gasteiger partial charge in [-0.2, -0.15) is 0 Å². The second-order valence-electron chi connectivity index (χ2n) is 3.45. The number of urea groups is 1. The van der Waals surface area contributed by atoms with Crippen molar-refractivity contribution in [3.63, 3.8) is 0 Å². The van der Waals surface area contributed by atoms with Gasteiger partial charge in [-0.15, -0.1) is 0 Å². The van der Waals surface area contributed by atoms with Crippen molar-refractivity contribution in [2.75, 3.05) is 25.5 Å². The molecule has 16 heavy (non-hydrogen) atoms. The van der Waals surface area contributed by atoms with Gasteiger partial charge in [-0.25, -0.2) is 4.79 Å². The lowest BCUT2D eigenvalue weighted by Gasteiger charge is -2.08. The third-order valence-electron chi connectivity index (χ3n) is 2.09. The van der Waals surface area contributed by atoms with E-state index in [9.17, 15) is 4.79 Å². The van der Waals surface area contributed by atoms with Gasteiger partial charge in [0, 0.05) is 23.8 Å². The van der Waals surface area contributed by atoms with Gasteiger partial charge in [-0.3, -0.25) is 0 Å². The minimum Gasteiger partial charge on any atom is -0.337 e. The van der Waals surface area contributed by atoms with Crippen LogP contribution >= 0.6 is 11.6 Å². The fourth-order valence-electron chi connectivity index (χ4n) is 1.15. The van der Waals surface area contributed by atoms with Crippen LogP contribution in [0.3, 0.4) is 0 Å². The standard InChI is InChI=1S/C11H16ClN3O/c1-8-3-4-9(7-10(8)12)15-11(16)14-6-5-13-2/h3-4,7,13H,5-6H2,1-2H3,(H2,14,15,16). The summed E-state index contributed by atoms with van der Waals surface area (Å²) < 4.78 is 0. The maximum absolute atomic E-state index is 11.4. The topological polar surface area (TPSA) is 53.2 Å². The molecule has 1 rings (SSSR count). The van der Waals surface area contributed by atoms with E-state index in [1.807, 2.05) is 26.1 Å². The van der Waals surface area contributed by atoms with Crippen LogP contribution in [0.1, 0.15) is 5.56 Å². The van der Waals surface area contributed by atoms with Gasteiger partial charge in [-0.1, -0.05) is 17.7 Å². The zero-order valence-electron chi connectivity index (χ0n) is 9.43. The summed E-state index contributed by atoms with van der Waals surface area (Å²) >= 11 is 5.94. The zero-order chi connectivity index (χ0) is 12.0. The first-order chi connectivity index (χ1) is 7.63. The summed E-state index contributed by atoms with van der Waals surface area (Å²) in [7, 11) is 1.83. The molecule has 0 saturated carbocycles. The summed E-state index contributed by atoms with van der Waals surface area (Å²) in [4.78, 5) is 11.4. The summed E-state index contributed by atoms with van der Waals surface area (Å²) in [5.74, 6) is 0.